The molecule has 3 aromatic rings. The lowest BCUT2D eigenvalue weighted by molar-refractivity contribution is -0.135. The Labute approximate surface area is 178 Å². The molecule has 0 radical (unpaired) electrons. The molecular weight excluding hydrogens is 399 g/mol. The van der Waals surface area contributed by atoms with Gasteiger partial charge in [-0.3, -0.25) is 9.20 Å². The molecule has 5 nitrogen and oxygen atoms in total. The lowest BCUT2D eigenvalue weighted by atomic mass is 9.79. The maximum Gasteiger partial charge on any atom is 0.226 e. The highest BCUT2D eigenvalue weighted by molar-refractivity contribution is 7.15. The summed E-state index contributed by atoms with van der Waals surface area (Å²) in [5.74, 6) is 1.32. The number of carbonyl (C=O) groups is 1. The summed E-state index contributed by atoms with van der Waals surface area (Å²) in [5, 5.41) is 5.31. The van der Waals surface area contributed by atoms with E-state index in [1.54, 1.807) is 17.4 Å². The molecule has 1 N–H and O–H groups in total. The van der Waals surface area contributed by atoms with Crippen molar-refractivity contribution in [1.82, 2.24) is 14.3 Å². The number of benzene rings is 1. The van der Waals surface area contributed by atoms with Gasteiger partial charge in [0.2, 0.25) is 11.9 Å². The maximum atomic E-state index is 13.6. The van der Waals surface area contributed by atoms with E-state index in [0.717, 1.165) is 42.9 Å². The molecule has 1 amide bonds. The van der Waals surface area contributed by atoms with Crippen molar-refractivity contribution in [3.8, 4) is 0 Å². The Morgan fingerprint density at radius 3 is 2.97 bits per heavy atom. The van der Waals surface area contributed by atoms with Gasteiger partial charge in [-0.25, -0.2) is 9.37 Å². The Morgan fingerprint density at radius 2 is 2.20 bits per heavy atom. The molecule has 2 unspecified atom stereocenters. The van der Waals surface area contributed by atoms with Gasteiger partial charge in [0, 0.05) is 42.2 Å². The van der Waals surface area contributed by atoms with Crippen molar-refractivity contribution in [2.45, 2.75) is 44.4 Å². The first-order valence-electron chi connectivity index (χ1n) is 10.9. The number of aromatic nitrogens is 2. The number of nitrogens with one attached hydrogen (secondary N) is 1. The standard InChI is InChI=1S/C23H25FN4OS/c24-16-5-1-6-17(12-16)25-22-26-19(21-28(22)10-11-30-21)15-4-2-9-27(14-15)20(29)18-13-23(18)7-3-8-23/h1,5-6,10-12,15,18H,2-4,7-9,13-14H2,(H,25,26). The Balaban J connectivity index is 1.24. The van der Waals surface area contributed by atoms with E-state index in [9.17, 15) is 9.18 Å². The SMILES string of the molecule is O=C(C1CC12CCC2)N1CCCC(c2nc(Nc3cccc(F)c3)n3ccsc23)C1. The van der Waals surface area contributed by atoms with Crippen LogP contribution in [0.15, 0.2) is 35.8 Å². The number of piperidine rings is 1. The number of hydrogen-bond donors (Lipinski definition) is 1. The molecule has 1 spiro atoms. The molecule has 2 saturated carbocycles. The second kappa shape index (κ2) is 6.80. The van der Waals surface area contributed by atoms with Crippen molar-refractivity contribution in [3.63, 3.8) is 0 Å². The van der Waals surface area contributed by atoms with Crippen LogP contribution in [0.1, 0.15) is 50.1 Å². The van der Waals surface area contributed by atoms with Gasteiger partial charge < -0.3 is 10.2 Å². The highest BCUT2D eigenvalue weighted by Gasteiger charge is 2.61. The predicted molar refractivity (Wildman–Crippen MR) is 116 cm³/mol. The third kappa shape index (κ3) is 2.94. The van der Waals surface area contributed by atoms with Gasteiger partial charge in [-0.15, -0.1) is 11.3 Å². The molecule has 1 saturated heterocycles. The topological polar surface area (TPSA) is 49.6 Å². The third-order valence-corrected chi connectivity index (χ3v) is 8.21. The van der Waals surface area contributed by atoms with Gasteiger partial charge in [0.1, 0.15) is 10.6 Å². The minimum Gasteiger partial charge on any atom is -0.342 e. The molecule has 1 aromatic carbocycles. The number of nitrogens with zero attached hydrogens (tertiary/aromatic N) is 3. The first-order chi connectivity index (χ1) is 14.6. The summed E-state index contributed by atoms with van der Waals surface area (Å²) in [6, 6.07) is 6.43. The van der Waals surface area contributed by atoms with E-state index >= 15 is 0 Å². The second-order valence-electron chi connectivity index (χ2n) is 9.13. The predicted octanol–water partition coefficient (Wildman–Crippen LogP) is 5.17. The van der Waals surface area contributed by atoms with E-state index in [1.165, 1.54) is 31.4 Å². The summed E-state index contributed by atoms with van der Waals surface area (Å²) in [4.78, 5) is 21.2. The maximum absolute atomic E-state index is 13.6. The number of anilines is 2. The minimum absolute atomic E-state index is 0.246. The van der Waals surface area contributed by atoms with Crippen molar-refractivity contribution < 1.29 is 9.18 Å². The molecular formula is C23H25FN4OS. The number of halogens is 1. The number of amides is 1. The Bertz CT molecular complexity index is 1120. The number of carbonyl (C=O) groups excluding carboxylic acids is 1. The van der Waals surface area contributed by atoms with Gasteiger partial charge in [-0.05, 0) is 55.7 Å². The molecule has 2 atom stereocenters. The molecule has 1 aliphatic heterocycles. The number of imidazole rings is 1. The van der Waals surface area contributed by atoms with Crippen LogP contribution in [0.25, 0.3) is 4.83 Å². The normalized spacial score (nSPS) is 24.8. The molecule has 156 valence electrons. The Morgan fingerprint density at radius 1 is 1.30 bits per heavy atom. The van der Waals surface area contributed by atoms with Crippen LogP contribution < -0.4 is 5.32 Å². The van der Waals surface area contributed by atoms with E-state index in [-0.39, 0.29) is 17.7 Å². The summed E-state index contributed by atoms with van der Waals surface area (Å²) in [5.41, 5.74) is 2.11. The fraction of sp³-hybridized carbons (Fsp3) is 0.478. The molecule has 2 aromatic heterocycles. The van der Waals surface area contributed by atoms with Gasteiger partial charge in [-0.1, -0.05) is 12.5 Å². The zero-order chi connectivity index (χ0) is 20.3. The van der Waals surface area contributed by atoms with E-state index < -0.39 is 0 Å². The average Bonchev–Trinajstić information content (AvgIpc) is 3.17. The number of fused-ring (bicyclic) bond motifs is 1. The number of likely N-dealkylation sites (tertiary alicyclic amines) is 1. The van der Waals surface area contributed by atoms with E-state index in [0.29, 0.717) is 23.0 Å². The Hall–Kier alpha value is -2.41. The van der Waals surface area contributed by atoms with Crippen molar-refractivity contribution in [2.24, 2.45) is 11.3 Å². The molecule has 3 aliphatic rings. The molecule has 3 heterocycles. The molecule has 30 heavy (non-hydrogen) atoms. The van der Waals surface area contributed by atoms with Crippen LogP contribution in [0, 0.1) is 17.2 Å². The lowest BCUT2D eigenvalue weighted by Gasteiger charge is -2.34. The summed E-state index contributed by atoms with van der Waals surface area (Å²) in [6.07, 6.45) is 8.94. The summed E-state index contributed by atoms with van der Waals surface area (Å²) in [7, 11) is 0. The van der Waals surface area contributed by atoms with Crippen LogP contribution in [0.3, 0.4) is 0 Å². The van der Waals surface area contributed by atoms with Crippen LogP contribution in [0.4, 0.5) is 16.0 Å². The second-order valence-corrected chi connectivity index (χ2v) is 10.0. The number of rotatable bonds is 4. The third-order valence-electron chi connectivity index (χ3n) is 7.32. The summed E-state index contributed by atoms with van der Waals surface area (Å²) < 4.78 is 15.6. The van der Waals surface area contributed by atoms with Crippen molar-refractivity contribution in [3.05, 3.63) is 47.4 Å². The van der Waals surface area contributed by atoms with Crippen molar-refractivity contribution >= 4 is 33.7 Å². The van der Waals surface area contributed by atoms with Crippen LogP contribution in [-0.4, -0.2) is 33.3 Å². The molecule has 6 rings (SSSR count). The molecule has 7 heteroatoms. The molecule has 0 bridgehead atoms. The summed E-state index contributed by atoms with van der Waals surface area (Å²) in [6.45, 7) is 1.63. The van der Waals surface area contributed by atoms with Crippen molar-refractivity contribution in [2.75, 3.05) is 18.4 Å². The lowest BCUT2D eigenvalue weighted by Crippen LogP contribution is -2.41. The zero-order valence-electron chi connectivity index (χ0n) is 16.8. The number of thiazole rings is 1. The highest BCUT2D eigenvalue weighted by Crippen LogP contribution is 2.66. The van der Waals surface area contributed by atoms with E-state index in [4.69, 9.17) is 4.98 Å². The largest absolute Gasteiger partial charge is 0.342 e. The van der Waals surface area contributed by atoms with Gasteiger partial charge >= 0.3 is 0 Å². The molecule has 3 fully saturated rings. The fourth-order valence-electron chi connectivity index (χ4n) is 5.40. The smallest absolute Gasteiger partial charge is 0.226 e. The van der Waals surface area contributed by atoms with Crippen LogP contribution >= 0.6 is 11.3 Å². The zero-order valence-corrected chi connectivity index (χ0v) is 17.6. The van der Waals surface area contributed by atoms with Gasteiger partial charge in [0.05, 0.1) is 5.69 Å². The molecule has 2 aliphatic carbocycles. The number of hydrogen-bond acceptors (Lipinski definition) is 4. The van der Waals surface area contributed by atoms with Gasteiger partial charge in [0.15, 0.2) is 0 Å². The van der Waals surface area contributed by atoms with Crippen LogP contribution in [-0.2, 0) is 4.79 Å². The Kier molecular flexibility index (Phi) is 4.17. The first-order valence-corrected chi connectivity index (χ1v) is 11.8. The highest BCUT2D eigenvalue weighted by atomic mass is 32.1. The van der Waals surface area contributed by atoms with Gasteiger partial charge in [0.25, 0.3) is 0 Å². The van der Waals surface area contributed by atoms with E-state index in [1.807, 2.05) is 22.0 Å². The first kappa shape index (κ1) is 18.4. The van der Waals surface area contributed by atoms with E-state index in [2.05, 4.69) is 10.2 Å². The summed E-state index contributed by atoms with van der Waals surface area (Å²) >= 11 is 1.67. The minimum atomic E-state index is -0.274. The van der Waals surface area contributed by atoms with Crippen molar-refractivity contribution in [1.29, 1.82) is 0 Å². The fourth-order valence-corrected chi connectivity index (χ4v) is 6.30. The van der Waals surface area contributed by atoms with Gasteiger partial charge in [-0.2, -0.15) is 0 Å². The average molecular weight is 425 g/mol. The van der Waals surface area contributed by atoms with Crippen LogP contribution in [0.5, 0.6) is 0 Å². The van der Waals surface area contributed by atoms with Crippen LogP contribution in [0.2, 0.25) is 0 Å². The monoisotopic (exact) mass is 424 g/mol. The quantitative estimate of drug-likeness (QED) is 0.628.